The molecule has 1 aromatic carbocycles. The molecule has 8 heteroatoms. The number of anilines is 2. The Labute approximate surface area is 147 Å². The molecule has 0 bridgehead atoms. The molecule has 0 unspecified atom stereocenters. The number of hydrogen-bond donors (Lipinski definition) is 1. The number of esters is 1. The highest BCUT2D eigenvalue weighted by Gasteiger charge is 2.12. The van der Waals surface area contributed by atoms with Crippen molar-refractivity contribution >= 4 is 17.9 Å². The van der Waals surface area contributed by atoms with Crippen LogP contribution in [0.5, 0.6) is 11.8 Å². The lowest BCUT2D eigenvalue weighted by Crippen LogP contribution is -2.19. The fourth-order valence-corrected chi connectivity index (χ4v) is 1.86. The van der Waals surface area contributed by atoms with Crippen molar-refractivity contribution in [2.75, 3.05) is 31.4 Å². The Hall–Kier alpha value is -2.90. The van der Waals surface area contributed by atoms with Crippen LogP contribution in [0.1, 0.15) is 30.6 Å². The zero-order valence-electron chi connectivity index (χ0n) is 15.1. The van der Waals surface area contributed by atoms with Gasteiger partial charge in [0.05, 0.1) is 12.7 Å². The lowest BCUT2D eigenvalue weighted by Gasteiger charge is -2.16. The van der Waals surface area contributed by atoms with Gasteiger partial charge in [-0.3, -0.25) is 0 Å². The molecule has 0 aliphatic heterocycles. The first-order chi connectivity index (χ1) is 11.9. The first-order valence-electron chi connectivity index (χ1n) is 7.99. The van der Waals surface area contributed by atoms with E-state index in [1.54, 1.807) is 29.2 Å². The van der Waals surface area contributed by atoms with E-state index in [2.05, 4.69) is 31.9 Å². The Bertz CT molecular complexity index is 719. The smallest absolute Gasteiger partial charge is 0.337 e. The van der Waals surface area contributed by atoms with Gasteiger partial charge in [-0.05, 0) is 37.6 Å². The van der Waals surface area contributed by atoms with Gasteiger partial charge in [0.1, 0.15) is 5.75 Å². The largest absolute Gasteiger partial charge is 0.465 e. The minimum absolute atomic E-state index is 0.176. The van der Waals surface area contributed by atoms with Crippen LogP contribution < -0.4 is 15.0 Å². The summed E-state index contributed by atoms with van der Waals surface area (Å²) in [6, 6.07) is 6.96. The van der Waals surface area contributed by atoms with Gasteiger partial charge in [0, 0.05) is 20.1 Å². The van der Waals surface area contributed by atoms with Crippen LogP contribution in [-0.2, 0) is 4.74 Å². The predicted octanol–water partition coefficient (Wildman–Crippen LogP) is 2.73. The summed E-state index contributed by atoms with van der Waals surface area (Å²) >= 11 is 0. The van der Waals surface area contributed by atoms with Crippen molar-refractivity contribution in [3.8, 4) is 11.8 Å². The SMILES string of the molecule is CC[C@@H](C)Nc1nc(Oc2ccc(C(=O)OC)cc2)nc(N(C)C)n1. The molecule has 0 amide bonds. The molecule has 0 fully saturated rings. The van der Waals surface area contributed by atoms with Crippen LogP contribution in [0.2, 0.25) is 0 Å². The molecule has 0 aliphatic carbocycles. The van der Waals surface area contributed by atoms with Crippen LogP contribution in [0.25, 0.3) is 0 Å². The highest BCUT2D eigenvalue weighted by atomic mass is 16.5. The summed E-state index contributed by atoms with van der Waals surface area (Å²) in [5, 5.41) is 3.21. The number of carbonyl (C=O) groups is 1. The Morgan fingerprint density at radius 1 is 1.20 bits per heavy atom. The third-order valence-electron chi connectivity index (χ3n) is 3.48. The Kier molecular flexibility index (Phi) is 6.10. The normalized spacial score (nSPS) is 11.6. The summed E-state index contributed by atoms with van der Waals surface area (Å²) in [6.07, 6.45) is 0.939. The Balaban J connectivity index is 2.23. The number of nitrogens with one attached hydrogen (secondary N) is 1. The van der Waals surface area contributed by atoms with Gasteiger partial charge in [-0.2, -0.15) is 15.0 Å². The molecular weight excluding hydrogens is 322 g/mol. The first-order valence-corrected chi connectivity index (χ1v) is 7.99. The average Bonchev–Trinajstić information content (AvgIpc) is 2.61. The molecule has 0 aliphatic rings. The monoisotopic (exact) mass is 345 g/mol. The number of nitrogens with zero attached hydrogens (tertiary/aromatic N) is 4. The molecule has 2 aromatic rings. The highest BCUT2D eigenvalue weighted by molar-refractivity contribution is 5.89. The van der Waals surface area contributed by atoms with Gasteiger partial charge in [-0.1, -0.05) is 6.92 Å². The van der Waals surface area contributed by atoms with Crippen molar-refractivity contribution in [1.82, 2.24) is 15.0 Å². The fourth-order valence-electron chi connectivity index (χ4n) is 1.86. The van der Waals surface area contributed by atoms with E-state index in [4.69, 9.17) is 4.74 Å². The summed E-state index contributed by atoms with van der Waals surface area (Å²) in [5.74, 6) is 1.05. The standard InChI is InChI=1S/C17H23N5O3/c1-6-11(2)18-15-19-16(22(3)4)21-17(20-15)25-13-9-7-12(8-10-13)14(23)24-5/h7-11H,6H2,1-5H3,(H,18,19,20,21)/t11-/m1/s1. The number of hydrogen-bond acceptors (Lipinski definition) is 8. The highest BCUT2D eigenvalue weighted by Crippen LogP contribution is 2.21. The van der Waals surface area contributed by atoms with Crippen molar-refractivity contribution < 1.29 is 14.3 Å². The van der Waals surface area contributed by atoms with E-state index in [1.165, 1.54) is 7.11 Å². The summed E-state index contributed by atoms with van der Waals surface area (Å²) < 4.78 is 10.4. The lowest BCUT2D eigenvalue weighted by molar-refractivity contribution is 0.0600. The molecule has 0 saturated heterocycles. The maximum absolute atomic E-state index is 11.5. The number of rotatable bonds is 7. The average molecular weight is 345 g/mol. The molecular formula is C17H23N5O3. The van der Waals surface area contributed by atoms with Crippen LogP contribution in [-0.4, -0.2) is 48.2 Å². The van der Waals surface area contributed by atoms with Gasteiger partial charge >= 0.3 is 12.0 Å². The van der Waals surface area contributed by atoms with Crippen LogP contribution >= 0.6 is 0 Å². The second-order valence-electron chi connectivity index (χ2n) is 5.71. The van der Waals surface area contributed by atoms with E-state index >= 15 is 0 Å². The molecule has 1 heterocycles. The maximum Gasteiger partial charge on any atom is 0.337 e. The van der Waals surface area contributed by atoms with Crippen LogP contribution in [0.4, 0.5) is 11.9 Å². The molecule has 2 rings (SSSR count). The number of ether oxygens (including phenoxy) is 2. The molecule has 8 nitrogen and oxygen atoms in total. The third kappa shape index (κ3) is 5.03. The van der Waals surface area contributed by atoms with E-state index in [9.17, 15) is 4.79 Å². The molecule has 1 aromatic heterocycles. The number of aromatic nitrogens is 3. The van der Waals surface area contributed by atoms with E-state index in [0.717, 1.165) is 6.42 Å². The van der Waals surface area contributed by atoms with Gasteiger partial charge in [-0.15, -0.1) is 0 Å². The number of carbonyl (C=O) groups excluding carboxylic acids is 1. The van der Waals surface area contributed by atoms with Crippen molar-refractivity contribution in [3.63, 3.8) is 0 Å². The molecule has 25 heavy (non-hydrogen) atoms. The van der Waals surface area contributed by atoms with Crippen LogP contribution in [0.3, 0.4) is 0 Å². The maximum atomic E-state index is 11.5. The zero-order chi connectivity index (χ0) is 18.4. The Morgan fingerprint density at radius 3 is 2.44 bits per heavy atom. The second-order valence-corrected chi connectivity index (χ2v) is 5.71. The summed E-state index contributed by atoms with van der Waals surface area (Å²) in [6.45, 7) is 4.12. The lowest BCUT2D eigenvalue weighted by atomic mass is 10.2. The quantitative estimate of drug-likeness (QED) is 0.766. The summed E-state index contributed by atoms with van der Waals surface area (Å²) in [4.78, 5) is 26.2. The second kappa shape index (κ2) is 8.27. The van der Waals surface area contributed by atoms with Gasteiger partial charge in [-0.25, -0.2) is 4.79 Å². The van der Waals surface area contributed by atoms with Gasteiger partial charge in [0.25, 0.3) is 0 Å². The molecule has 134 valence electrons. The van der Waals surface area contributed by atoms with E-state index in [1.807, 2.05) is 21.0 Å². The van der Waals surface area contributed by atoms with E-state index < -0.39 is 5.97 Å². The van der Waals surface area contributed by atoms with Crippen LogP contribution in [0.15, 0.2) is 24.3 Å². The number of methoxy groups -OCH3 is 1. The topological polar surface area (TPSA) is 89.5 Å². The molecule has 0 saturated carbocycles. The predicted molar refractivity (Wildman–Crippen MR) is 95.4 cm³/mol. The summed E-state index contributed by atoms with van der Waals surface area (Å²) in [7, 11) is 5.03. The van der Waals surface area contributed by atoms with Crippen LogP contribution in [0, 0.1) is 0 Å². The number of benzene rings is 1. The minimum Gasteiger partial charge on any atom is -0.465 e. The molecule has 0 spiro atoms. The van der Waals surface area contributed by atoms with Crippen molar-refractivity contribution in [2.24, 2.45) is 0 Å². The van der Waals surface area contributed by atoms with Crippen molar-refractivity contribution in [1.29, 1.82) is 0 Å². The zero-order valence-corrected chi connectivity index (χ0v) is 15.1. The van der Waals surface area contributed by atoms with Crippen molar-refractivity contribution in [2.45, 2.75) is 26.3 Å². The van der Waals surface area contributed by atoms with Gasteiger partial charge in [0.15, 0.2) is 0 Å². The molecule has 0 radical (unpaired) electrons. The first kappa shape index (κ1) is 18.4. The van der Waals surface area contributed by atoms with E-state index in [-0.39, 0.29) is 12.1 Å². The van der Waals surface area contributed by atoms with Gasteiger partial charge < -0.3 is 19.7 Å². The van der Waals surface area contributed by atoms with Gasteiger partial charge in [0.2, 0.25) is 11.9 Å². The summed E-state index contributed by atoms with van der Waals surface area (Å²) in [5.41, 5.74) is 0.443. The Morgan fingerprint density at radius 2 is 1.88 bits per heavy atom. The molecule has 1 N–H and O–H groups in total. The minimum atomic E-state index is -0.401. The third-order valence-corrected chi connectivity index (χ3v) is 3.48. The van der Waals surface area contributed by atoms with E-state index in [0.29, 0.717) is 23.2 Å². The fraction of sp³-hybridized carbons (Fsp3) is 0.412. The molecule has 1 atom stereocenters. The van der Waals surface area contributed by atoms with Crippen molar-refractivity contribution in [3.05, 3.63) is 29.8 Å².